The quantitative estimate of drug-likeness (QED) is 0.521. The summed E-state index contributed by atoms with van der Waals surface area (Å²) >= 11 is 0. The van der Waals surface area contributed by atoms with Gasteiger partial charge in [-0.15, -0.1) is 0 Å². The second-order valence-electron chi connectivity index (χ2n) is 5.56. The molecule has 0 saturated heterocycles. The van der Waals surface area contributed by atoms with Crippen molar-refractivity contribution in [3.8, 4) is 0 Å². The molecule has 0 bridgehead atoms. The summed E-state index contributed by atoms with van der Waals surface area (Å²) in [5, 5.41) is 0.791. The molecule has 1 unspecified atom stereocenters. The maximum atomic E-state index is 12.4. The average molecular weight is 322 g/mol. The molecule has 1 atom stereocenters. The van der Waals surface area contributed by atoms with Gasteiger partial charge in [-0.3, -0.25) is 4.79 Å². The molecule has 2 aromatic carbocycles. The highest BCUT2D eigenvalue weighted by Crippen LogP contribution is 2.26. The van der Waals surface area contributed by atoms with Gasteiger partial charge in [0.15, 0.2) is 6.10 Å². The third kappa shape index (κ3) is 3.38. The van der Waals surface area contributed by atoms with Gasteiger partial charge in [0.2, 0.25) is 0 Å². The molecule has 3 rings (SSSR count). The Balaban J connectivity index is 2.09. The maximum Gasteiger partial charge on any atom is 0.343 e. The monoisotopic (exact) mass is 322 g/mol. The van der Waals surface area contributed by atoms with Gasteiger partial charge in [0.05, 0.1) is 5.56 Å². The van der Waals surface area contributed by atoms with Crippen LogP contribution < -0.4 is 5.63 Å². The fourth-order valence-electron chi connectivity index (χ4n) is 2.59. The molecular weight excluding hydrogens is 304 g/mol. The van der Waals surface area contributed by atoms with E-state index in [2.05, 4.69) is 0 Å². The predicted molar refractivity (Wildman–Crippen MR) is 91.8 cm³/mol. The minimum absolute atomic E-state index is 0.308. The Morgan fingerprint density at radius 1 is 1.08 bits per heavy atom. The van der Waals surface area contributed by atoms with Crippen LogP contribution in [0.15, 0.2) is 69.9 Å². The van der Waals surface area contributed by atoms with E-state index < -0.39 is 11.7 Å². The Kier molecular flexibility index (Phi) is 4.75. The normalized spacial score (nSPS) is 12.0. The van der Waals surface area contributed by atoms with Crippen LogP contribution in [0, 0.1) is 0 Å². The Labute approximate surface area is 139 Å². The summed E-state index contributed by atoms with van der Waals surface area (Å²) in [4.78, 5) is 24.4. The van der Waals surface area contributed by atoms with Gasteiger partial charge in [0.25, 0.3) is 0 Å². The fourth-order valence-corrected chi connectivity index (χ4v) is 2.59. The molecule has 0 fully saturated rings. The number of hydrogen-bond donors (Lipinski definition) is 0. The first-order chi connectivity index (χ1) is 11.7. The zero-order valence-corrected chi connectivity index (χ0v) is 13.4. The molecule has 0 aliphatic rings. The van der Waals surface area contributed by atoms with Gasteiger partial charge >= 0.3 is 11.6 Å². The number of esters is 1. The van der Waals surface area contributed by atoms with Crippen molar-refractivity contribution in [2.24, 2.45) is 0 Å². The standard InChI is InChI=1S/C20H18O4/c1-2-8-18(21)24-19(14-9-4-3-5-10-14)16-13-15-11-6-7-12-17(15)23-20(16)22/h3-7,9-13,19H,2,8H2,1H3. The number of rotatable bonds is 5. The van der Waals surface area contributed by atoms with Gasteiger partial charge in [-0.2, -0.15) is 0 Å². The number of para-hydroxylation sites is 1. The summed E-state index contributed by atoms with van der Waals surface area (Å²) < 4.78 is 11.0. The molecule has 122 valence electrons. The molecule has 0 N–H and O–H groups in total. The molecule has 4 heteroatoms. The average Bonchev–Trinajstić information content (AvgIpc) is 2.60. The van der Waals surface area contributed by atoms with E-state index in [9.17, 15) is 9.59 Å². The Morgan fingerprint density at radius 2 is 1.79 bits per heavy atom. The van der Waals surface area contributed by atoms with E-state index in [1.165, 1.54) is 0 Å². The van der Waals surface area contributed by atoms with E-state index in [1.807, 2.05) is 49.4 Å². The van der Waals surface area contributed by atoms with Crippen molar-refractivity contribution in [3.63, 3.8) is 0 Å². The van der Waals surface area contributed by atoms with E-state index in [0.717, 1.165) is 10.9 Å². The lowest BCUT2D eigenvalue weighted by molar-refractivity contribution is -0.147. The lowest BCUT2D eigenvalue weighted by Gasteiger charge is -2.18. The molecule has 0 radical (unpaired) electrons. The van der Waals surface area contributed by atoms with Gasteiger partial charge in [-0.05, 0) is 24.1 Å². The number of hydrogen-bond acceptors (Lipinski definition) is 4. The second-order valence-corrected chi connectivity index (χ2v) is 5.56. The molecule has 0 aliphatic heterocycles. The van der Waals surface area contributed by atoms with Crippen molar-refractivity contribution in [1.82, 2.24) is 0 Å². The van der Waals surface area contributed by atoms with Crippen LogP contribution >= 0.6 is 0 Å². The van der Waals surface area contributed by atoms with Gasteiger partial charge < -0.3 is 9.15 Å². The molecule has 24 heavy (non-hydrogen) atoms. The lowest BCUT2D eigenvalue weighted by Crippen LogP contribution is -2.19. The zero-order valence-electron chi connectivity index (χ0n) is 13.4. The van der Waals surface area contributed by atoms with Gasteiger partial charge in [-0.25, -0.2) is 4.79 Å². The molecular formula is C20H18O4. The molecule has 1 aromatic heterocycles. The molecule has 3 aromatic rings. The summed E-state index contributed by atoms with van der Waals surface area (Å²) in [7, 11) is 0. The first-order valence-corrected chi connectivity index (χ1v) is 7.96. The number of carbonyl (C=O) groups excluding carboxylic acids is 1. The van der Waals surface area contributed by atoms with E-state index in [-0.39, 0.29) is 5.97 Å². The van der Waals surface area contributed by atoms with Gasteiger partial charge in [-0.1, -0.05) is 55.5 Å². The van der Waals surface area contributed by atoms with Crippen LogP contribution in [-0.2, 0) is 9.53 Å². The highest BCUT2D eigenvalue weighted by atomic mass is 16.5. The largest absolute Gasteiger partial charge is 0.452 e. The van der Waals surface area contributed by atoms with E-state index >= 15 is 0 Å². The van der Waals surface area contributed by atoms with Crippen LogP contribution in [0.4, 0.5) is 0 Å². The van der Waals surface area contributed by atoms with Crippen molar-refractivity contribution < 1.29 is 13.9 Å². The Bertz CT molecular complexity index is 896. The summed E-state index contributed by atoms with van der Waals surface area (Å²) in [6.45, 7) is 1.91. The van der Waals surface area contributed by atoms with Crippen LogP contribution in [-0.4, -0.2) is 5.97 Å². The first kappa shape index (κ1) is 16.0. The summed E-state index contributed by atoms with van der Waals surface area (Å²) in [5.41, 5.74) is 1.08. The number of carbonyl (C=O) groups is 1. The smallest absolute Gasteiger partial charge is 0.343 e. The second kappa shape index (κ2) is 7.13. The summed E-state index contributed by atoms with van der Waals surface area (Å²) in [6, 6.07) is 18.2. The number of benzene rings is 2. The van der Waals surface area contributed by atoms with Crippen LogP contribution in [0.1, 0.15) is 37.0 Å². The third-order valence-corrected chi connectivity index (χ3v) is 3.76. The van der Waals surface area contributed by atoms with Crippen molar-refractivity contribution in [2.75, 3.05) is 0 Å². The van der Waals surface area contributed by atoms with Crippen LogP contribution in [0.3, 0.4) is 0 Å². The minimum atomic E-state index is -0.772. The topological polar surface area (TPSA) is 56.5 Å². The Hall–Kier alpha value is -2.88. The van der Waals surface area contributed by atoms with Crippen LogP contribution in [0.2, 0.25) is 0 Å². The van der Waals surface area contributed by atoms with Crippen molar-refractivity contribution in [3.05, 3.63) is 82.2 Å². The van der Waals surface area contributed by atoms with Crippen LogP contribution in [0.5, 0.6) is 0 Å². The molecule has 0 spiro atoms. The first-order valence-electron chi connectivity index (χ1n) is 7.96. The number of ether oxygens (including phenoxy) is 1. The van der Waals surface area contributed by atoms with E-state index in [4.69, 9.17) is 9.15 Å². The van der Waals surface area contributed by atoms with Gasteiger partial charge in [0, 0.05) is 11.8 Å². The highest BCUT2D eigenvalue weighted by molar-refractivity contribution is 5.77. The summed E-state index contributed by atoms with van der Waals surface area (Å²) in [5.74, 6) is -0.334. The molecule has 0 amide bonds. The van der Waals surface area contributed by atoms with E-state index in [1.54, 1.807) is 18.2 Å². The minimum Gasteiger partial charge on any atom is -0.452 e. The molecule has 1 heterocycles. The predicted octanol–water partition coefficient (Wildman–Crippen LogP) is 4.23. The molecule has 0 aliphatic carbocycles. The third-order valence-electron chi connectivity index (χ3n) is 3.76. The Morgan fingerprint density at radius 3 is 2.54 bits per heavy atom. The van der Waals surface area contributed by atoms with Crippen molar-refractivity contribution >= 4 is 16.9 Å². The molecule has 0 saturated carbocycles. The SMILES string of the molecule is CCCC(=O)OC(c1ccccc1)c1cc2ccccc2oc1=O. The lowest BCUT2D eigenvalue weighted by atomic mass is 10.0. The highest BCUT2D eigenvalue weighted by Gasteiger charge is 2.23. The van der Waals surface area contributed by atoms with E-state index in [0.29, 0.717) is 24.0 Å². The zero-order chi connectivity index (χ0) is 16.9. The maximum absolute atomic E-state index is 12.4. The summed E-state index contributed by atoms with van der Waals surface area (Å²) in [6.07, 6.45) is 0.223. The van der Waals surface area contributed by atoms with Crippen molar-refractivity contribution in [1.29, 1.82) is 0 Å². The fraction of sp³-hybridized carbons (Fsp3) is 0.200. The molecule has 4 nitrogen and oxygen atoms in total. The van der Waals surface area contributed by atoms with Gasteiger partial charge in [0.1, 0.15) is 5.58 Å². The number of fused-ring (bicyclic) bond motifs is 1. The van der Waals surface area contributed by atoms with Crippen LogP contribution in [0.25, 0.3) is 11.0 Å². The van der Waals surface area contributed by atoms with Crippen molar-refractivity contribution in [2.45, 2.75) is 25.9 Å².